The van der Waals surface area contributed by atoms with E-state index in [0.29, 0.717) is 5.69 Å². The Morgan fingerprint density at radius 1 is 1.22 bits per heavy atom. The highest BCUT2D eigenvalue weighted by molar-refractivity contribution is 5.96. The van der Waals surface area contributed by atoms with Crippen LogP contribution in [0, 0.1) is 0 Å². The fourth-order valence-electron chi connectivity index (χ4n) is 2.77. The van der Waals surface area contributed by atoms with Crippen LogP contribution < -0.4 is 5.32 Å². The largest absolute Gasteiger partial charge is 0.341 e. The van der Waals surface area contributed by atoms with Gasteiger partial charge in [0.1, 0.15) is 11.7 Å². The second-order valence-electron chi connectivity index (χ2n) is 7.37. The van der Waals surface area contributed by atoms with Gasteiger partial charge in [0.2, 0.25) is 5.91 Å². The van der Waals surface area contributed by atoms with E-state index in [4.69, 9.17) is 0 Å². The number of hydrogen-bond acceptors (Lipinski definition) is 3. The van der Waals surface area contributed by atoms with Gasteiger partial charge in [-0.15, -0.1) is 0 Å². The lowest BCUT2D eigenvalue weighted by Crippen LogP contribution is -2.48. The SMILES string of the molecule is CC(NC(=O)c1cc(C(C)(C)C)nn1C)C(=O)N1CCCCC1. The van der Waals surface area contributed by atoms with Crippen molar-refractivity contribution in [1.82, 2.24) is 20.0 Å². The summed E-state index contributed by atoms with van der Waals surface area (Å²) in [5.41, 5.74) is 1.22. The molecule has 128 valence electrons. The minimum absolute atomic E-state index is 0.00346. The Labute approximate surface area is 138 Å². The van der Waals surface area contributed by atoms with Crippen molar-refractivity contribution in [1.29, 1.82) is 0 Å². The van der Waals surface area contributed by atoms with Crippen molar-refractivity contribution in [3.05, 3.63) is 17.5 Å². The summed E-state index contributed by atoms with van der Waals surface area (Å²) >= 11 is 0. The Morgan fingerprint density at radius 3 is 2.35 bits per heavy atom. The molecule has 0 aliphatic carbocycles. The standard InChI is InChI=1S/C17H28N4O2/c1-12(16(23)21-9-7-6-8-10-21)18-15(22)13-11-14(17(2,3)4)19-20(13)5/h11-12H,6-10H2,1-5H3,(H,18,22). The van der Waals surface area contributed by atoms with Crippen molar-refractivity contribution < 1.29 is 9.59 Å². The van der Waals surface area contributed by atoms with Crippen LogP contribution in [0.15, 0.2) is 6.07 Å². The van der Waals surface area contributed by atoms with E-state index in [1.165, 1.54) is 6.42 Å². The van der Waals surface area contributed by atoms with E-state index in [9.17, 15) is 9.59 Å². The summed E-state index contributed by atoms with van der Waals surface area (Å²) in [5, 5.41) is 7.21. The zero-order valence-electron chi connectivity index (χ0n) is 14.8. The van der Waals surface area contributed by atoms with Crippen molar-refractivity contribution in [2.24, 2.45) is 7.05 Å². The van der Waals surface area contributed by atoms with Gasteiger partial charge in [0.25, 0.3) is 5.91 Å². The van der Waals surface area contributed by atoms with Gasteiger partial charge in [-0.2, -0.15) is 5.10 Å². The van der Waals surface area contributed by atoms with Gasteiger partial charge < -0.3 is 10.2 Å². The highest BCUT2D eigenvalue weighted by Gasteiger charge is 2.26. The van der Waals surface area contributed by atoms with E-state index < -0.39 is 6.04 Å². The van der Waals surface area contributed by atoms with Crippen LogP contribution >= 0.6 is 0 Å². The fourth-order valence-corrected chi connectivity index (χ4v) is 2.77. The summed E-state index contributed by atoms with van der Waals surface area (Å²) in [6, 6.07) is 1.28. The molecule has 2 rings (SSSR count). The summed E-state index contributed by atoms with van der Waals surface area (Å²) in [6.07, 6.45) is 3.27. The Kier molecular flexibility index (Phi) is 5.12. The number of amides is 2. The van der Waals surface area contributed by atoms with Gasteiger partial charge in [-0.1, -0.05) is 20.8 Å². The molecule has 2 heterocycles. The first-order valence-electron chi connectivity index (χ1n) is 8.34. The zero-order chi connectivity index (χ0) is 17.2. The van der Waals surface area contributed by atoms with E-state index >= 15 is 0 Å². The Balaban J connectivity index is 2.03. The molecule has 1 fully saturated rings. The maximum atomic E-state index is 12.5. The molecule has 6 nitrogen and oxygen atoms in total. The fraction of sp³-hybridized carbons (Fsp3) is 0.706. The number of rotatable bonds is 3. The lowest BCUT2D eigenvalue weighted by atomic mass is 9.92. The smallest absolute Gasteiger partial charge is 0.270 e. The van der Waals surface area contributed by atoms with Gasteiger partial charge in [0, 0.05) is 25.6 Å². The molecule has 1 unspecified atom stereocenters. The third kappa shape index (κ3) is 4.12. The number of aromatic nitrogens is 2. The number of nitrogens with zero attached hydrogens (tertiary/aromatic N) is 3. The second-order valence-corrected chi connectivity index (χ2v) is 7.37. The van der Waals surface area contributed by atoms with Crippen LogP contribution in [0.2, 0.25) is 0 Å². The molecule has 1 aliphatic heterocycles. The van der Waals surface area contributed by atoms with Crippen molar-refractivity contribution in [2.75, 3.05) is 13.1 Å². The molecule has 1 saturated heterocycles. The average Bonchev–Trinajstić information content (AvgIpc) is 2.89. The summed E-state index contributed by atoms with van der Waals surface area (Å²) in [4.78, 5) is 26.7. The third-order valence-electron chi connectivity index (χ3n) is 4.27. The maximum absolute atomic E-state index is 12.5. The first-order valence-corrected chi connectivity index (χ1v) is 8.34. The number of hydrogen-bond donors (Lipinski definition) is 1. The maximum Gasteiger partial charge on any atom is 0.270 e. The topological polar surface area (TPSA) is 67.2 Å². The Bertz CT molecular complexity index is 580. The van der Waals surface area contributed by atoms with Crippen LogP contribution in [-0.4, -0.2) is 45.6 Å². The summed E-state index contributed by atoms with van der Waals surface area (Å²) in [7, 11) is 1.75. The molecule has 1 aliphatic rings. The van der Waals surface area contributed by atoms with Crippen LogP contribution in [-0.2, 0) is 17.3 Å². The number of likely N-dealkylation sites (tertiary alicyclic amines) is 1. The van der Waals surface area contributed by atoms with Crippen molar-refractivity contribution in [2.45, 2.75) is 58.4 Å². The van der Waals surface area contributed by atoms with Gasteiger partial charge >= 0.3 is 0 Å². The van der Waals surface area contributed by atoms with Gasteiger partial charge in [0.05, 0.1) is 5.69 Å². The van der Waals surface area contributed by atoms with Crippen molar-refractivity contribution in [3.8, 4) is 0 Å². The zero-order valence-corrected chi connectivity index (χ0v) is 14.8. The van der Waals surface area contributed by atoms with Gasteiger partial charge in [-0.25, -0.2) is 0 Å². The monoisotopic (exact) mass is 320 g/mol. The molecule has 0 saturated carbocycles. The minimum Gasteiger partial charge on any atom is -0.341 e. The van der Waals surface area contributed by atoms with Crippen LogP contribution in [0.25, 0.3) is 0 Å². The van der Waals surface area contributed by atoms with Crippen LogP contribution in [0.4, 0.5) is 0 Å². The van der Waals surface area contributed by atoms with Gasteiger partial charge in [-0.3, -0.25) is 14.3 Å². The summed E-state index contributed by atoms with van der Waals surface area (Å²) in [5.74, 6) is -0.260. The number of aryl methyl sites for hydroxylation is 1. The second kappa shape index (κ2) is 6.72. The lowest BCUT2D eigenvalue weighted by molar-refractivity contribution is -0.133. The molecule has 0 bridgehead atoms. The molecular formula is C17H28N4O2. The van der Waals surface area contributed by atoms with Gasteiger partial charge in [0.15, 0.2) is 0 Å². The van der Waals surface area contributed by atoms with E-state index in [1.807, 2.05) is 4.90 Å². The van der Waals surface area contributed by atoms with Crippen LogP contribution in [0.1, 0.15) is 63.1 Å². The third-order valence-corrected chi connectivity index (χ3v) is 4.27. The summed E-state index contributed by atoms with van der Waals surface area (Å²) < 4.78 is 1.58. The first kappa shape index (κ1) is 17.5. The molecule has 1 aromatic heterocycles. The summed E-state index contributed by atoms with van der Waals surface area (Å²) in [6.45, 7) is 9.49. The van der Waals surface area contributed by atoms with E-state index in [1.54, 1.807) is 24.7 Å². The van der Waals surface area contributed by atoms with Crippen LogP contribution in [0.5, 0.6) is 0 Å². The van der Waals surface area contributed by atoms with E-state index in [0.717, 1.165) is 31.6 Å². The van der Waals surface area contributed by atoms with Gasteiger partial charge in [-0.05, 0) is 32.3 Å². The number of nitrogens with one attached hydrogen (secondary N) is 1. The molecular weight excluding hydrogens is 292 g/mol. The highest BCUT2D eigenvalue weighted by Crippen LogP contribution is 2.21. The quantitative estimate of drug-likeness (QED) is 0.924. The average molecular weight is 320 g/mol. The molecule has 2 amide bonds. The minimum atomic E-state index is -0.520. The molecule has 0 radical (unpaired) electrons. The van der Waals surface area contributed by atoms with Crippen LogP contribution in [0.3, 0.4) is 0 Å². The molecule has 1 atom stereocenters. The molecule has 0 aromatic carbocycles. The van der Waals surface area contributed by atoms with E-state index in [2.05, 4.69) is 31.2 Å². The predicted molar refractivity (Wildman–Crippen MR) is 89.3 cm³/mol. The van der Waals surface area contributed by atoms with Crippen molar-refractivity contribution >= 4 is 11.8 Å². The highest BCUT2D eigenvalue weighted by atomic mass is 16.2. The number of carbonyl (C=O) groups is 2. The molecule has 1 N–H and O–H groups in total. The van der Waals surface area contributed by atoms with Crippen molar-refractivity contribution in [3.63, 3.8) is 0 Å². The lowest BCUT2D eigenvalue weighted by Gasteiger charge is -2.29. The molecule has 0 spiro atoms. The normalized spacial score (nSPS) is 17.0. The Morgan fingerprint density at radius 2 is 1.83 bits per heavy atom. The predicted octanol–water partition coefficient (Wildman–Crippen LogP) is 1.85. The first-order chi connectivity index (χ1) is 10.7. The molecule has 6 heteroatoms. The number of piperidine rings is 1. The number of carbonyl (C=O) groups excluding carboxylic acids is 2. The van der Waals surface area contributed by atoms with E-state index in [-0.39, 0.29) is 17.2 Å². The molecule has 23 heavy (non-hydrogen) atoms. The molecule has 1 aromatic rings. The Hall–Kier alpha value is -1.85.